The topological polar surface area (TPSA) is 32.7 Å². The molecule has 1 fully saturated rings. The molecule has 1 aliphatic rings. The van der Waals surface area contributed by atoms with Gasteiger partial charge in [0.05, 0.1) is 13.2 Å². The van der Waals surface area contributed by atoms with E-state index in [4.69, 9.17) is 4.74 Å². The van der Waals surface area contributed by atoms with Crippen LogP contribution in [-0.4, -0.2) is 24.8 Å². The first-order valence-corrected chi connectivity index (χ1v) is 7.57. The van der Waals surface area contributed by atoms with E-state index in [1.165, 1.54) is 6.42 Å². The fraction of sp³-hybridized carbons (Fsp3) is 0.647. The molecular weight excluding hydrogens is 250 g/mol. The summed E-state index contributed by atoms with van der Waals surface area (Å²) in [6.45, 7) is 9.75. The Morgan fingerprint density at radius 1 is 1.30 bits per heavy atom. The maximum atomic E-state index is 10.2. The number of hydrogen-bond acceptors (Lipinski definition) is 3. The molecule has 4 atom stereocenters. The third kappa shape index (κ3) is 2.78. The van der Waals surface area contributed by atoms with Crippen LogP contribution < -0.4 is 9.64 Å². The van der Waals surface area contributed by atoms with Crippen molar-refractivity contribution in [2.45, 2.75) is 46.3 Å². The molecule has 0 aromatic heterocycles. The van der Waals surface area contributed by atoms with E-state index in [1.807, 2.05) is 19.1 Å². The lowest BCUT2D eigenvalue weighted by molar-refractivity contribution is 0.193. The molecule has 112 valence electrons. The molecule has 1 heterocycles. The van der Waals surface area contributed by atoms with E-state index >= 15 is 0 Å². The van der Waals surface area contributed by atoms with E-state index in [0.29, 0.717) is 17.9 Å². The van der Waals surface area contributed by atoms with Crippen LogP contribution in [0.5, 0.6) is 5.75 Å². The molecule has 0 amide bonds. The van der Waals surface area contributed by atoms with Crippen LogP contribution in [0, 0.1) is 11.8 Å². The molecule has 0 saturated carbocycles. The van der Waals surface area contributed by atoms with E-state index in [9.17, 15) is 5.11 Å². The van der Waals surface area contributed by atoms with Crippen molar-refractivity contribution in [2.75, 3.05) is 18.6 Å². The van der Waals surface area contributed by atoms with Gasteiger partial charge in [0.2, 0.25) is 0 Å². The summed E-state index contributed by atoms with van der Waals surface area (Å²) in [6, 6.07) is 6.52. The van der Waals surface area contributed by atoms with Crippen LogP contribution in [0.2, 0.25) is 0 Å². The van der Waals surface area contributed by atoms with Gasteiger partial charge in [0.1, 0.15) is 5.75 Å². The molecule has 3 heteroatoms. The third-order valence-electron chi connectivity index (χ3n) is 4.59. The van der Waals surface area contributed by atoms with E-state index in [2.05, 4.69) is 31.7 Å². The summed E-state index contributed by atoms with van der Waals surface area (Å²) in [5.41, 5.74) is 2.02. The Labute approximate surface area is 122 Å². The lowest BCUT2D eigenvalue weighted by atomic mass is 9.85. The van der Waals surface area contributed by atoms with Crippen LogP contribution in [0.15, 0.2) is 18.2 Å². The van der Waals surface area contributed by atoms with Gasteiger partial charge in [-0.2, -0.15) is 0 Å². The summed E-state index contributed by atoms with van der Waals surface area (Å²) in [5.74, 6) is 2.11. The lowest BCUT2D eigenvalue weighted by Crippen LogP contribution is -2.46. The van der Waals surface area contributed by atoms with E-state index in [0.717, 1.165) is 23.5 Å². The second kappa shape index (κ2) is 6.04. The minimum atomic E-state index is -0.527. The maximum Gasteiger partial charge on any atom is 0.126 e. The second-order valence-corrected chi connectivity index (χ2v) is 6.28. The number of aliphatic hydroxyl groups excluding tert-OH is 1. The normalized spacial score (nSPS) is 28.3. The zero-order valence-electron chi connectivity index (χ0n) is 13.3. The summed E-state index contributed by atoms with van der Waals surface area (Å²) in [7, 11) is 1.66. The van der Waals surface area contributed by atoms with Gasteiger partial charge in [0.25, 0.3) is 0 Å². The smallest absolute Gasteiger partial charge is 0.126 e. The highest BCUT2D eigenvalue weighted by atomic mass is 16.5. The molecule has 0 radical (unpaired) electrons. The molecule has 1 aromatic carbocycles. The van der Waals surface area contributed by atoms with E-state index < -0.39 is 6.10 Å². The predicted molar refractivity (Wildman–Crippen MR) is 83.4 cm³/mol. The van der Waals surface area contributed by atoms with Gasteiger partial charge >= 0.3 is 0 Å². The van der Waals surface area contributed by atoms with Gasteiger partial charge in [-0.3, -0.25) is 0 Å². The Morgan fingerprint density at radius 3 is 2.60 bits per heavy atom. The van der Waals surface area contributed by atoms with Crippen LogP contribution in [-0.2, 0) is 0 Å². The van der Waals surface area contributed by atoms with Gasteiger partial charge in [-0.15, -0.1) is 0 Å². The Morgan fingerprint density at radius 2 is 2.00 bits per heavy atom. The molecule has 1 N–H and O–H groups in total. The van der Waals surface area contributed by atoms with Crippen LogP contribution in [0.3, 0.4) is 0 Å². The molecule has 3 unspecified atom stereocenters. The summed E-state index contributed by atoms with van der Waals surface area (Å²) in [4.78, 5) is 2.43. The van der Waals surface area contributed by atoms with E-state index in [1.54, 1.807) is 7.11 Å². The number of rotatable bonds is 3. The zero-order chi connectivity index (χ0) is 14.9. The lowest BCUT2D eigenvalue weighted by Gasteiger charge is -2.43. The predicted octanol–water partition coefficient (Wildman–Crippen LogP) is 3.62. The number of nitrogens with zero attached hydrogens (tertiary/aromatic N) is 1. The molecule has 1 aromatic rings. The van der Waals surface area contributed by atoms with Crippen LogP contribution in [0.25, 0.3) is 0 Å². The molecule has 0 aliphatic carbocycles. The van der Waals surface area contributed by atoms with E-state index in [-0.39, 0.29) is 0 Å². The Bertz CT molecular complexity index is 458. The first-order chi connectivity index (χ1) is 9.45. The minimum absolute atomic E-state index is 0.482. The van der Waals surface area contributed by atoms with Crippen molar-refractivity contribution in [3.8, 4) is 5.75 Å². The quantitative estimate of drug-likeness (QED) is 0.916. The largest absolute Gasteiger partial charge is 0.496 e. The SMILES string of the molecule is COc1cccc(N2CC(C)CC(C)C2C)c1[C@H](C)O. The Hall–Kier alpha value is -1.22. The zero-order valence-corrected chi connectivity index (χ0v) is 13.3. The summed E-state index contributed by atoms with van der Waals surface area (Å²) >= 11 is 0. The van der Waals surface area contributed by atoms with Crippen LogP contribution >= 0.6 is 0 Å². The highest BCUT2D eigenvalue weighted by Crippen LogP contribution is 2.39. The van der Waals surface area contributed by atoms with Crippen molar-refractivity contribution in [2.24, 2.45) is 11.8 Å². The number of piperidine rings is 1. The van der Waals surface area contributed by atoms with Gasteiger partial charge in [-0.05, 0) is 44.2 Å². The highest BCUT2D eigenvalue weighted by Gasteiger charge is 2.31. The molecule has 3 nitrogen and oxygen atoms in total. The van der Waals surface area contributed by atoms with Crippen molar-refractivity contribution in [1.82, 2.24) is 0 Å². The summed E-state index contributed by atoms with van der Waals surface area (Å²) < 4.78 is 5.44. The minimum Gasteiger partial charge on any atom is -0.496 e. The number of benzene rings is 1. The van der Waals surface area contributed by atoms with Crippen molar-refractivity contribution in [1.29, 1.82) is 0 Å². The molecule has 0 bridgehead atoms. The molecule has 0 spiro atoms. The second-order valence-electron chi connectivity index (χ2n) is 6.28. The maximum absolute atomic E-state index is 10.2. The fourth-order valence-electron chi connectivity index (χ4n) is 3.41. The molecule has 20 heavy (non-hydrogen) atoms. The number of methoxy groups -OCH3 is 1. The average Bonchev–Trinajstić information content (AvgIpc) is 2.41. The van der Waals surface area contributed by atoms with Gasteiger partial charge in [0, 0.05) is 23.8 Å². The van der Waals surface area contributed by atoms with Gasteiger partial charge < -0.3 is 14.7 Å². The van der Waals surface area contributed by atoms with Gasteiger partial charge in [0.15, 0.2) is 0 Å². The van der Waals surface area contributed by atoms with Crippen molar-refractivity contribution in [3.63, 3.8) is 0 Å². The van der Waals surface area contributed by atoms with Crippen molar-refractivity contribution in [3.05, 3.63) is 23.8 Å². The number of anilines is 1. The number of hydrogen-bond donors (Lipinski definition) is 1. The number of aliphatic hydroxyl groups is 1. The first-order valence-electron chi connectivity index (χ1n) is 7.57. The van der Waals surface area contributed by atoms with Crippen LogP contribution in [0.4, 0.5) is 5.69 Å². The van der Waals surface area contributed by atoms with Crippen LogP contribution in [0.1, 0.15) is 45.8 Å². The van der Waals surface area contributed by atoms with Gasteiger partial charge in [-0.25, -0.2) is 0 Å². The average molecular weight is 277 g/mol. The third-order valence-corrected chi connectivity index (χ3v) is 4.59. The molecular formula is C17H27NO2. The molecule has 2 rings (SSSR count). The van der Waals surface area contributed by atoms with Crippen molar-refractivity contribution < 1.29 is 9.84 Å². The monoisotopic (exact) mass is 277 g/mol. The molecule has 1 saturated heterocycles. The van der Waals surface area contributed by atoms with Crippen molar-refractivity contribution >= 4 is 5.69 Å². The Kier molecular flexibility index (Phi) is 4.59. The van der Waals surface area contributed by atoms with Gasteiger partial charge in [-0.1, -0.05) is 19.9 Å². The fourth-order valence-corrected chi connectivity index (χ4v) is 3.41. The standard InChI is InChI=1S/C17H27NO2/c1-11-9-12(2)13(3)18(10-11)15-7-6-8-16(20-5)17(15)14(4)19/h6-8,11-14,19H,9-10H2,1-5H3/t11?,12?,13?,14-/m0/s1. The highest BCUT2D eigenvalue weighted by molar-refractivity contribution is 5.61. The number of ether oxygens (including phenoxy) is 1. The summed E-state index contributed by atoms with van der Waals surface area (Å²) in [5, 5.41) is 10.2. The molecule has 1 aliphatic heterocycles. The first kappa shape index (κ1) is 15.2. The Balaban J connectivity index is 2.45. The summed E-state index contributed by atoms with van der Waals surface area (Å²) in [6.07, 6.45) is 0.743.